The number of hydrazine groups is 1. The summed E-state index contributed by atoms with van der Waals surface area (Å²) in [6.07, 6.45) is 5.63. The highest BCUT2D eigenvalue weighted by molar-refractivity contribution is 7.99. The van der Waals surface area contributed by atoms with Gasteiger partial charge in [-0.2, -0.15) is 16.9 Å². The van der Waals surface area contributed by atoms with Crippen molar-refractivity contribution in [2.24, 2.45) is 11.8 Å². The number of nitrogens with zero attached hydrogens (tertiary/aromatic N) is 2. The molecule has 1 aromatic heterocycles. The van der Waals surface area contributed by atoms with E-state index in [1.54, 1.807) is 0 Å². The molecule has 2 heterocycles. The highest BCUT2D eigenvalue weighted by atomic mass is 32.2. The van der Waals surface area contributed by atoms with Gasteiger partial charge in [0, 0.05) is 12.7 Å². The van der Waals surface area contributed by atoms with E-state index < -0.39 is 0 Å². The van der Waals surface area contributed by atoms with E-state index in [2.05, 4.69) is 35.3 Å². The van der Waals surface area contributed by atoms with Crippen molar-refractivity contribution < 1.29 is 0 Å². The SMILES string of the molecule is CCn1nccc1C(CC1CCSCC1)NN. The molecule has 0 aromatic carbocycles. The number of thioether (sulfide) groups is 1. The second-order valence-electron chi connectivity index (χ2n) is 4.58. The Balaban J connectivity index is 2.00. The van der Waals surface area contributed by atoms with Gasteiger partial charge in [-0.15, -0.1) is 0 Å². The minimum absolute atomic E-state index is 0.241. The third kappa shape index (κ3) is 3.24. The van der Waals surface area contributed by atoms with Crippen molar-refractivity contribution >= 4 is 11.8 Å². The molecule has 0 aliphatic carbocycles. The molecule has 1 unspecified atom stereocenters. The molecule has 0 amide bonds. The van der Waals surface area contributed by atoms with Crippen molar-refractivity contribution in [1.29, 1.82) is 0 Å². The van der Waals surface area contributed by atoms with E-state index in [1.165, 1.54) is 30.0 Å². The Morgan fingerprint density at radius 3 is 3.00 bits per heavy atom. The highest BCUT2D eigenvalue weighted by Crippen LogP contribution is 2.30. The van der Waals surface area contributed by atoms with Gasteiger partial charge in [-0.1, -0.05) is 0 Å². The quantitative estimate of drug-likeness (QED) is 0.623. The number of rotatable bonds is 5. The topological polar surface area (TPSA) is 55.9 Å². The van der Waals surface area contributed by atoms with E-state index in [0.29, 0.717) is 0 Å². The molecule has 4 nitrogen and oxygen atoms in total. The lowest BCUT2D eigenvalue weighted by Crippen LogP contribution is -2.32. The normalized spacial score (nSPS) is 19.4. The number of hydrogen-bond acceptors (Lipinski definition) is 4. The lowest BCUT2D eigenvalue weighted by Gasteiger charge is -2.26. The van der Waals surface area contributed by atoms with E-state index in [9.17, 15) is 0 Å². The first-order chi connectivity index (χ1) is 8.35. The third-order valence-electron chi connectivity index (χ3n) is 3.52. The molecule has 1 aliphatic rings. The number of aromatic nitrogens is 2. The van der Waals surface area contributed by atoms with Crippen molar-refractivity contribution in [3.05, 3.63) is 18.0 Å². The number of hydrogen-bond donors (Lipinski definition) is 2. The first-order valence-corrected chi connectivity index (χ1v) is 7.56. The summed E-state index contributed by atoms with van der Waals surface area (Å²) in [6, 6.07) is 2.32. The van der Waals surface area contributed by atoms with Gasteiger partial charge < -0.3 is 0 Å². The maximum atomic E-state index is 5.71. The lowest BCUT2D eigenvalue weighted by molar-refractivity contribution is 0.358. The molecular formula is C12H22N4S. The fraction of sp³-hybridized carbons (Fsp3) is 0.750. The van der Waals surface area contributed by atoms with Gasteiger partial charge >= 0.3 is 0 Å². The van der Waals surface area contributed by atoms with Crippen molar-refractivity contribution in [3.63, 3.8) is 0 Å². The zero-order chi connectivity index (χ0) is 12.1. The minimum atomic E-state index is 0.241. The summed E-state index contributed by atoms with van der Waals surface area (Å²) in [5.41, 5.74) is 4.17. The first-order valence-electron chi connectivity index (χ1n) is 6.40. The number of nitrogens with one attached hydrogen (secondary N) is 1. The van der Waals surface area contributed by atoms with Crippen LogP contribution in [0.1, 0.15) is 37.9 Å². The molecule has 3 N–H and O–H groups in total. The molecule has 1 fully saturated rings. The minimum Gasteiger partial charge on any atom is -0.271 e. The molecule has 1 aromatic rings. The van der Waals surface area contributed by atoms with Crippen LogP contribution in [0.3, 0.4) is 0 Å². The van der Waals surface area contributed by atoms with E-state index in [1.807, 2.05) is 10.9 Å². The maximum absolute atomic E-state index is 5.71. The van der Waals surface area contributed by atoms with Crippen molar-refractivity contribution in [2.45, 2.75) is 38.8 Å². The molecular weight excluding hydrogens is 232 g/mol. The molecule has 1 aliphatic heterocycles. The smallest absolute Gasteiger partial charge is 0.0631 e. The van der Waals surface area contributed by atoms with Gasteiger partial charge in [-0.25, -0.2) is 0 Å². The Morgan fingerprint density at radius 2 is 2.35 bits per heavy atom. The Hall–Kier alpha value is -0.520. The molecule has 96 valence electrons. The van der Waals surface area contributed by atoms with Crippen molar-refractivity contribution in [2.75, 3.05) is 11.5 Å². The Morgan fingerprint density at radius 1 is 1.59 bits per heavy atom. The molecule has 0 bridgehead atoms. The fourth-order valence-corrected chi connectivity index (χ4v) is 3.70. The zero-order valence-corrected chi connectivity index (χ0v) is 11.2. The van der Waals surface area contributed by atoms with Crippen LogP contribution in [0, 0.1) is 5.92 Å². The summed E-state index contributed by atoms with van der Waals surface area (Å²) < 4.78 is 2.03. The molecule has 0 spiro atoms. The summed E-state index contributed by atoms with van der Waals surface area (Å²) in [5.74, 6) is 9.11. The number of aryl methyl sites for hydroxylation is 1. The van der Waals surface area contributed by atoms with E-state index in [-0.39, 0.29) is 6.04 Å². The highest BCUT2D eigenvalue weighted by Gasteiger charge is 2.21. The van der Waals surface area contributed by atoms with Gasteiger partial charge in [-0.05, 0) is 49.7 Å². The van der Waals surface area contributed by atoms with Gasteiger partial charge in [0.1, 0.15) is 0 Å². The zero-order valence-electron chi connectivity index (χ0n) is 10.4. The molecule has 1 saturated heterocycles. The van der Waals surface area contributed by atoms with Gasteiger partial charge in [0.2, 0.25) is 0 Å². The fourth-order valence-electron chi connectivity index (χ4n) is 2.49. The predicted molar refractivity (Wildman–Crippen MR) is 72.6 cm³/mol. The summed E-state index contributed by atoms with van der Waals surface area (Å²) in [7, 11) is 0. The van der Waals surface area contributed by atoms with Crippen LogP contribution in [-0.4, -0.2) is 21.3 Å². The molecule has 1 atom stereocenters. The van der Waals surface area contributed by atoms with Crippen LogP contribution in [0.5, 0.6) is 0 Å². The second kappa shape index (κ2) is 6.42. The summed E-state index contributed by atoms with van der Waals surface area (Å²) >= 11 is 2.07. The van der Waals surface area contributed by atoms with Crippen molar-refractivity contribution in [1.82, 2.24) is 15.2 Å². The molecule has 2 rings (SSSR count). The summed E-state index contributed by atoms with van der Waals surface area (Å²) in [6.45, 7) is 3.02. The van der Waals surface area contributed by atoms with Crippen LogP contribution in [0.25, 0.3) is 0 Å². The first kappa shape index (κ1) is 12.9. The van der Waals surface area contributed by atoms with Crippen LogP contribution in [-0.2, 0) is 6.54 Å². The van der Waals surface area contributed by atoms with E-state index >= 15 is 0 Å². The second-order valence-corrected chi connectivity index (χ2v) is 5.81. The van der Waals surface area contributed by atoms with E-state index in [4.69, 9.17) is 5.84 Å². The summed E-state index contributed by atoms with van der Waals surface area (Å²) in [4.78, 5) is 0. The van der Waals surface area contributed by atoms with Crippen molar-refractivity contribution in [3.8, 4) is 0 Å². The lowest BCUT2D eigenvalue weighted by atomic mass is 9.93. The van der Waals surface area contributed by atoms with Crippen LogP contribution in [0.15, 0.2) is 12.3 Å². The van der Waals surface area contributed by atoms with Gasteiger partial charge in [0.15, 0.2) is 0 Å². The standard InChI is InChI=1S/C12H22N4S/c1-2-16-12(3-6-14-16)11(15-13)9-10-4-7-17-8-5-10/h3,6,10-11,15H,2,4-5,7-9,13H2,1H3. The van der Waals surface area contributed by atoms with Crippen LogP contribution < -0.4 is 11.3 Å². The number of nitrogens with two attached hydrogens (primary N) is 1. The van der Waals surface area contributed by atoms with Gasteiger partial charge in [0.25, 0.3) is 0 Å². The van der Waals surface area contributed by atoms with Gasteiger partial charge in [0.05, 0.1) is 11.7 Å². The average molecular weight is 254 g/mol. The summed E-state index contributed by atoms with van der Waals surface area (Å²) in [5, 5.41) is 4.31. The van der Waals surface area contributed by atoms with Crippen LogP contribution in [0.4, 0.5) is 0 Å². The molecule has 0 radical (unpaired) electrons. The van der Waals surface area contributed by atoms with E-state index in [0.717, 1.165) is 18.9 Å². The predicted octanol–water partition coefficient (Wildman–Crippen LogP) is 1.94. The van der Waals surface area contributed by atoms with Crippen LogP contribution >= 0.6 is 11.8 Å². The molecule has 5 heteroatoms. The van der Waals surface area contributed by atoms with Gasteiger partial charge in [-0.3, -0.25) is 16.0 Å². The Kier molecular flexibility index (Phi) is 4.88. The average Bonchev–Trinajstić information content (AvgIpc) is 2.85. The van der Waals surface area contributed by atoms with Crippen LogP contribution in [0.2, 0.25) is 0 Å². The molecule has 17 heavy (non-hydrogen) atoms. The largest absolute Gasteiger partial charge is 0.271 e. The maximum Gasteiger partial charge on any atom is 0.0631 e. The third-order valence-corrected chi connectivity index (χ3v) is 4.57. The Bertz CT molecular complexity index is 333. The monoisotopic (exact) mass is 254 g/mol. The Labute approximate surface area is 107 Å². The molecule has 0 saturated carbocycles.